The Morgan fingerprint density at radius 2 is 2.25 bits per heavy atom. The Kier molecular flexibility index (Phi) is 2.46. The topological polar surface area (TPSA) is 58.5 Å². The van der Waals surface area contributed by atoms with E-state index in [1.54, 1.807) is 6.33 Å². The molecule has 2 aromatic rings. The van der Waals surface area contributed by atoms with Crippen molar-refractivity contribution in [2.75, 3.05) is 0 Å². The summed E-state index contributed by atoms with van der Waals surface area (Å²) in [5.41, 5.74) is 2.37. The van der Waals surface area contributed by atoms with Crippen LogP contribution in [0.15, 0.2) is 25.0 Å². The SMILES string of the molecule is c1ncc(CNCc2cncn2C2CC2)[nH]1. The third-order valence-electron chi connectivity index (χ3n) is 2.86. The molecular weight excluding hydrogens is 202 g/mol. The van der Waals surface area contributed by atoms with Crippen molar-refractivity contribution >= 4 is 0 Å². The molecule has 0 aromatic carbocycles. The maximum absolute atomic E-state index is 4.20. The first-order chi connectivity index (χ1) is 7.93. The number of nitrogens with zero attached hydrogens (tertiary/aromatic N) is 3. The van der Waals surface area contributed by atoms with Gasteiger partial charge in [-0.15, -0.1) is 0 Å². The van der Waals surface area contributed by atoms with Gasteiger partial charge in [0, 0.05) is 37.2 Å². The number of hydrogen-bond acceptors (Lipinski definition) is 3. The van der Waals surface area contributed by atoms with E-state index in [1.807, 2.05) is 18.7 Å². The van der Waals surface area contributed by atoms with Gasteiger partial charge in [-0.25, -0.2) is 9.97 Å². The fraction of sp³-hybridized carbons (Fsp3) is 0.455. The van der Waals surface area contributed by atoms with E-state index in [-0.39, 0.29) is 0 Å². The molecule has 16 heavy (non-hydrogen) atoms. The third-order valence-corrected chi connectivity index (χ3v) is 2.86. The second-order valence-electron chi connectivity index (χ2n) is 4.20. The molecule has 5 heteroatoms. The molecule has 1 saturated carbocycles. The molecule has 0 bridgehead atoms. The fourth-order valence-corrected chi connectivity index (χ4v) is 1.86. The maximum Gasteiger partial charge on any atom is 0.0951 e. The van der Waals surface area contributed by atoms with Gasteiger partial charge in [0.25, 0.3) is 0 Å². The summed E-state index contributed by atoms with van der Waals surface area (Å²) in [6.45, 7) is 1.67. The first kappa shape index (κ1) is 9.59. The van der Waals surface area contributed by atoms with Gasteiger partial charge in [-0.2, -0.15) is 0 Å². The molecule has 84 valence electrons. The lowest BCUT2D eigenvalue weighted by atomic mass is 10.4. The van der Waals surface area contributed by atoms with Crippen LogP contribution in [0.1, 0.15) is 30.3 Å². The van der Waals surface area contributed by atoms with Crippen LogP contribution in [0.25, 0.3) is 0 Å². The molecule has 0 aliphatic heterocycles. The summed E-state index contributed by atoms with van der Waals surface area (Å²) in [5.74, 6) is 0. The summed E-state index contributed by atoms with van der Waals surface area (Å²) in [6.07, 6.45) is 10.0. The molecule has 3 rings (SSSR count). The van der Waals surface area contributed by atoms with Crippen LogP contribution >= 0.6 is 0 Å². The lowest BCUT2D eigenvalue weighted by Crippen LogP contribution is -2.15. The average Bonchev–Trinajstić information content (AvgIpc) is 2.82. The molecule has 1 aliphatic carbocycles. The zero-order valence-electron chi connectivity index (χ0n) is 9.06. The summed E-state index contributed by atoms with van der Waals surface area (Å²) in [7, 11) is 0. The van der Waals surface area contributed by atoms with Gasteiger partial charge < -0.3 is 14.9 Å². The average molecular weight is 217 g/mol. The monoisotopic (exact) mass is 217 g/mol. The van der Waals surface area contributed by atoms with E-state index in [4.69, 9.17) is 0 Å². The van der Waals surface area contributed by atoms with Gasteiger partial charge in [0.15, 0.2) is 0 Å². The molecule has 0 amide bonds. The summed E-state index contributed by atoms with van der Waals surface area (Å²) < 4.78 is 2.28. The first-order valence-electron chi connectivity index (χ1n) is 5.62. The highest BCUT2D eigenvalue weighted by molar-refractivity contribution is 5.03. The minimum absolute atomic E-state index is 0.700. The number of H-pyrrole nitrogens is 1. The van der Waals surface area contributed by atoms with E-state index in [1.165, 1.54) is 18.5 Å². The van der Waals surface area contributed by atoms with Gasteiger partial charge in [0.05, 0.1) is 18.3 Å². The van der Waals surface area contributed by atoms with E-state index in [9.17, 15) is 0 Å². The molecule has 0 radical (unpaired) electrons. The van der Waals surface area contributed by atoms with Gasteiger partial charge in [-0.05, 0) is 12.8 Å². The van der Waals surface area contributed by atoms with Crippen molar-refractivity contribution in [3.63, 3.8) is 0 Å². The number of imidazole rings is 2. The highest BCUT2D eigenvalue weighted by Gasteiger charge is 2.24. The van der Waals surface area contributed by atoms with E-state index in [2.05, 4.69) is 24.8 Å². The van der Waals surface area contributed by atoms with Crippen molar-refractivity contribution in [2.24, 2.45) is 0 Å². The van der Waals surface area contributed by atoms with Gasteiger partial charge in [-0.1, -0.05) is 0 Å². The second kappa shape index (κ2) is 4.09. The fourth-order valence-electron chi connectivity index (χ4n) is 1.86. The highest BCUT2D eigenvalue weighted by Crippen LogP contribution is 2.35. The number of aromatic amines is 1. The number of aromatic nitrogens is 4. The van der Waals surface area contributed by atoms with Crippen LogP contribution in [0.2, 0.25) is 0 Å². The number of hydrogen-bond donors (Lipinski definition) is 2. The molecule has 0 spiro atoms. The van der Waals surface area contributed by atoms with Crippen LogP contribution < -0.4 is 5.32 Å². The standard InChI is InChI=1S/C11H15N5/c1-2-10(1)16-8-14-6-11(16)5-12-3-9-4-13-7-15-9/h4,6-8,10,12H,1-3,5H2,(H,13,15). The predicted octanol–water partition coefficient (Wildman–Crippen LogP) is 1.23. The van der Waals surface area contributed by atoms with Crippen molar-refractivity contribution in [1.29, 1.82) is 0 Å². The van der Waals surface area contributed by atoms with Crippen LogP contribution in [0.4, 0.5) is 0 Å². The molecule has 2 N–H and O–H groups in total. The molecule has 0 atom stereocenters. The molecule has 2 heterocycles. The van der Waals surface area contributed by atoms with Crippen LogP contribution in [-0.2, 0) is 13.1 Å². The van der Waals surface area contributed by atoms with Crippen molar-refractivity contribution in [3.05, 3.63) is 36.4 Å². The Labute approximate surface area is 93.9 Å². The minimum atomic E-state index is 0.700. The highest BCUT2D eigenvalue weighted by atomic mass is 15.1. The van der Waals surface area contributed by atoms with Crippen LogP contribution in [0, 0.1) is 0 Å². The zero-order chi connectivity index (χ0) is 10.8. The quantitative estimate of drug-likeness (QED) is 0.792. The summed E-state index contributed by atoms with van der Waals surface area (Å²) in [6, 6.07) is 0.700. The van der Waals surface area contributed by atoms with Crippen LogP contribution in [0.5, 0.6) is 0 Å². The van der Waals surface area contributed by atoms with E-state index in [0.29, 0.717) is 6.04 Å². The van der Waals surface area contributed by atoms with E-state index in [0.717, 1.165) is 18.8 Å². The molecule has 2 aromatic heterocycles. The Morgan fingerprint density at radius 1 is 1.31 bits per heavy atom. The molecule has 1 fully saturated rings. The van der Waals surface area contributed by atoms with Crippen LogP contribution in [-0.4, -0.2) is 19.5 Å². The molecule has 0 saturated heterocycles. The Bertz CT molecular complexity index is 441. The molecule has 1 aliphatic rings. The smallest absolute Gasteiger partial charge is 0.0951 e. The van der Waals surface area contributed by atoms with Crippen molar-refractivity contribution in [1.82, 2.24) is 24.8 Å². The van der Waals surface area contributed by atoms with Crippen molar-refractivity contribution in [3.8, 4) is 0 Å². The Balaban J connectivity index is 1.56. The summed E-state index contributed by atoms with van der Waals surface area (Å²) in [4.78, 5) is 11.3. The van der Waals surface area contributed by atoms with Gasteiger partial charge in [0.1, 0.15) is 0 Å². The normalized spacial score (nSPS) is 15.5. The predicted molar refractivity (Wildman–Crippen MR) is 59.6 cm³/mol. The van der Waals surface area contributed by atoms with Gasteiger partial charge >= 0.3 is 0 Å². The number of rotatable bonds is 5. The van der Waals surface area contributed by atoms with Crippen LogP contribution in [0.3, 0.4) is 0 Å². The summed E-state index contributed by atoms with van der Waals surface area (Å²) in [5, 5.41) is 3.38. The molecule has 5 nitrogen and oxygen atoms in total. The Hall–Kier alpha value is -1.62. The van der Waals surface area contributed by atoms with E-state index >= 15 is 0 Å². The number of nitrogens with one attached hydrogen (secondary N) is 2. The zero-order valence-corrected chi connectivity index (χ0v) is 9.06. The summed E-state index contributed by atoms with van der Waals surface area (Å²) >= 11 is 0. The second-order valence-corrected chi connectivity index (χ2v) is 4.20. The minimum Gasteiger partial charge on any atom is -0.347 e. The molecule has 0 unspecified atom stereocenters. The first-order valence-corrected chi connectivity index (χ1v) is 5.62. The lowest BCUT2D eigenvalue weighted by molar-refractivity contribution is 0.616. The van der Waals surface area contributed by atoms with E-state index < -0.39 is 0 Å². The maximum atomic E-state index is 4.20. The van der Waals surface area contributed by atoms with Crippen molar-refractivity contribution < 1.29 is 0 Å². The lowest BCUT2D eigenvalue weighted by Gasteiger charge is -2.07. The van der Waals surface area contributed by atoms with Crippen molar-refractivity contribution in [2.45, 2.75) is 32.0 Å². The Morgan fingerprint density at radius 3 is 3.00 bits per heavy atom. The third kappa shape index (κ3) is 1.99. The largest absolute Gasteiger partial charge is 0.347 e. The molecular formula is C11H15N5. The van der Waals surface area contributed by atoms with Gasteiger partial charge in [0.2, 0.25) is 0 Å². The van der Waals surface area contributed by atoms with Gasteiger partial charge in [-0.3, -0.25) is 0 Å².